The largest absolute Gasteiger partial charge is 0.462 e. The van der Waals surface area contributed by atoms with Crippen molar-refractivity contribution in [1.29, 1.82) is 0 Å². The highest BCUT2D eigenvalue weighted by molar-refractivity contribution is 7.99. The van der Waals surface area contributed by atoms with E-state index in [-0.39, 0.29) is 12.1 Å². The third kappa shape index (κ3) is 6.66. The van der Waals surface area contributed by atoms with E-state index in [0.717, 1.165) is 36.5 Å². The van der Waals surface area contributed by atoms with Gasteiger partial charge in [-0.3, -0.25) is 9.48 Å². The lowest BCUT2D eigenvalue weighted by Crippen LogP contribution is -2.17. The van der Waals surface area contributed by atoms with Gasteiger partial charge in [-0.05, 0) is 18.9 Å². The number of aromatic nitrogens is 2. The molecule has 0 amide bonds. The van der Waals surface area contributed by atoms with Crippen LogP contribution in [-0.2, 0) is 16.6 Å². The van der Waals surface area contributed by atoms with E-state index in [1.807, 2.05) is 19.3 Å². The maximum absolute atomic E-state index is 11.7. The first-order valence-corrected chi connectivity index (χ1v) is 7.96. The number of nitrogens with zero attached hydrogens (tertiary/aromatic N) is 2. The molecule has 1 aromatic heterocycles. The topological polar surface area (TPSA) is 44.1 Å². The number of rotatable bonds is 9. The van der Waals surface area contributed by atoms with Crippen molar-refractivity contribution in [3.8, 4) is 0 Å². The molecule has 5 heteroatoms. The van der Waals surface area contributed by atoms with Crippen LogP contribution < -0.4 is 0 Å². The summed E-state index contributed by atoms with van der Waals surface area (Å²) in [6.45, 7) is 4.22. The molecule has 0 aromatic carbocycles. The van der Waals surface area contributed by atoms with Crippen molar-refractivity contribution in [3.05, 3.63) is 12.3 Å². The fraction of sp³-hybridized carbons (Fsp3) is 0.714. The van der Waals surface area contributed by atoms with Crippen LogP contribution in [0.3, 0.4) is 0 Å². The van der Waals surface area contributed by atoms with Crippen LogP contribution in [0.5, 0.6) is 0 Å². The molecule has 1 atom stereocenters. The zero-order valence-electron chi connectivity index (χ0n) is 12.1. The molecule has 1 unspecified atom stereocenters. The van der Waals surface area contributed by atoms with Crippen LogP contribution >= 0.6 is 11.8 Å². The molecule has 0 saturated carbocycles. The predicted octanol–water partition coefficient (Wildman–Crippen LogP) is 3.41. The van der Waals surface area contributed by atoms with Gasteiger partial charge in [0.05, 0.1) is 6.42 Å². The zero-order chi connectivity index (χ0) is 14.1. The molecule has 1 rings (SSSR count). The second kappa shape index (κ2) is 9.02. The fourth-order valence-electron chi connectivity index (χ4n) is 1.73. The van der Waals surface area contributed by atoms with Crippen molar-refractivity contribution >= 4 is 17.7 Å². The number of thioether (sulfide) groups is 1. The first-order chi connectivity index (χ1) is 9.15. The van der Waals surface area contributed by atoms with E-state index in [0.29, 0.717) is 6.42 Å². The monoisotopic (exact) mass is 284 g/mol. The molecule has 1 aromatic rings. The van der Waals surface area contributed by atoms with Crippen molar-refractivity contribution in [2.75, 3.05) is 5.75 Å². The Morgan fingerprint density at radius 1 is 1.53 bits per heavy atom. The average molecular weight is 284 g/mol. The molecular weight excluding hydrogens is 260 g/mol. The van der Waals surface area contributed by atoms with Crippen LogP contribution in [0.15, 0.2) is 17.3 Å². The molecule has 0 aliphatic heterocycles. The van der Waals surface area contributed by atoms with E-state index in [4.69, 9.17) is 4.74 Å². The molecule has 0 aliphatic rings. The summed E-state index contributed by atoms with van der Waals surface area (Å²) in [5.74, 6) is 0.631. The molecule has 4 nitrogen and oxygen atoms in total. The van der Waals surface area contributed by atoms with Crippen LogP contribution in [0.4, 0.5) is 0 Å². The number of hydrogen-bond donors (Lipinski definition) is 0. The summed E-state index contributed by atoms with van der Waals surface area (Å²) in [4.78, 5) is 11.7. The molecule has 1 heterocycles. The van der Waals surface area contributed by atoms with E-state index >= 15 is 0 Å². The summed E-state index contributed by atoms with van der Waals surface area (Å²) < 4.78 is 7.23. The first-order valence-electron chi connectivity index (χ1n) is 6.97. The maximum Gasteiger partial charge on any atom is 0.306 e. The summed E-state index contributed by atoms with van der Waals surface area (Å²) in [5.41, 5.74) is 0. The van der Waals surface area contributed by atoms with Gasteiger partial charge >= 0.3 is 5.97 Å². The first kappa shape index (κ1) is 16.1. The van der Waals surface area contributed by atoms with Gasteiger partial charge in [-0.25, -0.2) is 0 Å². The lowest BCUT2D eigenvalue weighted by molar-refractivity contribution is -0.149. The Kier molecular flexibility index (Phi) is 7.63. The Labute approximate surface area is 119 Å². The molecule has 0 fully saturated rings. The van der Waals surface area contributed by atoms with E-state index in [9.17, 15) is 4.79 Å². The quantitative estimate of drug-likeness (QED) is 0.515. The smallest absolute Gasteiger partial charge is 0.306 e. The van der Waals surface area contributed by atoms with Gasteiger partial charge in [0.2, 0.25) is 0 Å². The van der Waals surface area contributed by atoms with Crippen molar-refractivity contribution in [1.82, 2.24) is 9.78 Å². The highest BCUT2D eigenvalue weighted by Crippen LogP contribution is 2.16. The third-order valence-electron chi connectivity index (χ3n) is 2.88. The lowest BCUT2D eigenvalue weighted by atomic mass is 10.1. The Balaban J connectivity index is 2.19. The predicted molar refractivity (Wildman–Crippen MR) is 78.2 cm³/mol. The van der Waals surface area contributed by atoms with Crippen LogP contribution in [0, 0.1) is 0 Å². The van der Waals surface area contributed by atoms with Gasteiger partial charge in [0.1, 0.15) is 11.1 Å². The van der Waals surface area contributed by atoms with E-state index in [1.165, 1.54) is 0 Å². The number of hydrogen-bond acceptors (Lipinski definition) is 4. The Bertz CT molecular complexity index is 379. The Hall–Kier alpha value is -0.970. The molecule has 0 spiro atoms. The van der Waals surface area contributed by atoms with Crippen LogP contribution in [-0.4, -0.2) is 27.6 Å². The summed E-state index contributed by atoms with van der Waals surface area (Å²) in [6.07, 6.45) is 6.58. The summed E-state index contributed by atoms with van der Waals surface area (Å²) >= 11 is 1.59. The highest BCUT2D eigenvalue weighted by atomic mass is 32.2. The van der Waals surface area contributed by atoms with Crippen LogP contribution in [0.25, 0.3) is 0 Å². The van der Waals surface area contributed by atoms with E-state index in [2.05, 4.69) is 18.9 Å². The molecule has 19 heavy (non-hydrogen) atoms. The number of unbranched alkanes of at least 4 members (excludes halogenated alkanes) is 1. The van der Waals surface area contributed by atoms with Gasteiger partial charge in [-0.2, -0.15) is 5.10 Å². The minimum Gasteiger partial charge on any atom is -0.462 e. The number of aryl methyl sites for hydroxylation is 1. The SMILES string of the molecule is CCCCC(CC)OC(=O)CCSc1ccn(C)n1. The number of ether oxygens (including phenoxy) is 1. The minimum absolute atomic E-state index is 0.0901. The molecule has 108 valence electrons. The van der Waals surface area contributed by atoms with Crippen molar-refractivity contribution < 1.29 is 9.53 Å². The zero-order valence-corrected chi connectivity index (χ0v) is 12.9. The minimum atomic E-state index is -0.0913. The third-order valence-corrected chi connectivity index (χ3v) is 3.80. The second-order valence-electron chi connectivity index (χ2n) is 4.59. The molecule has 0 aliphatic carbocycles. The molecule has 0 N–H and O–H groups in total. The molecular formula is C14H24N2O2S. The van der Waals surface area contributed by atoms with Gasteiger partial charge in [0, 0.05) is 19.0 Å². The molecule has 0 radical (unpaired) electrons. The van der Waals surface area contributed by atoms with Crippen LogP contribution in [0.1, 0.15) is 46.0 Å². The maximum atomic E-state index is 11.7. The van der Waals surface area contributed by atoms with E-state index < -0.39 is 0 Å². The average Bonchev–Trinajstić information content (AvgIpc) is 2.80. The number of esters is 1. The van der Waals surface area contributed by atoms with E-state index in [1.54, 1.807) is 16.4 Å². The lowest BCUT2D eigenvalue weighted by Gasteiger charge is -2.15. The van der Waals surface area contributed by atoms with Gasteiger partial charge < -0.3 is 4.74 Å². The fourth-order valence-corrected chi connectivity index (χ4v) is 2.55. The number of carbonyl (C=O) groups excluding carboxylic acids is 1. The van der Waals surface area contributed by atoms with Gasteiger partial charge in [-0.1, -0.05) is 26.7 Å². The van der Waals surface area contributed by atoms with Crippen LogP contribution in [0.2, 0.25) is 0 Å². The highest BCUT2D eigenvalue weighted by Gasteiger charge is 2.12. The van der Waals surface area contributed by atoms with Crippen molar-refractivity contribution in [2.45, 2.75) is 57.1 Å². The second-order valence-corrected chi connectivity index (χ2v) is 5.70. The van der Waals surface area contributed by atoms with Crippen molar-refractivity contribution in [2.24, 2.45) is 7.05 Å². The summed E-state index contributed by atoms with van der Waals surface area (Å²) in [7, 11) is 1.89. The number of carbonyl (C=O) groups is 1. The Morgan fingerprint density at radius 3 is 2.89 bits per heavy atom. The standard InChI is InChI=1S/C14H24N2O2S/c1-4-6-7-12(5-2)18-14(17)9-11-19-13-8-10-16(3)15-13/h8,10,12H,4-7,9,11H2,1-3H3. The van der Waals surface area contributed by atoms with Gasteiger partial charge in [0.25, 0.3) is 0 Å². The Morgan fingerprint density at radius 2 is 2.32 bits per heavy atom. The molecule has 0 saturated heterocycles. The summed E-state index contributed by atoms with van der Waals surface area (Å²) in [5, 5.41) is 5.20. The normalized spacial score (nSPS) is 12.4. The molecule has 0 bridgehead atoms. The van der Waals surface area contributed by atoms with Gasteiger partial charge in [-0.15, -0.1) is 11.8 Å². The van der Waals surface area contributed by atoms with Crippen molar-refractivity contribution in [3.63, 3.8) is 0 Å². The summed E-state index contributed by atoms with van der Waals surface area (Å²) in [6, 6.07) is 1.95. The van der Waals surface area contributed by atoms with Gasteiger partial charge in [0.15, 0.2) is 0 Å².